The smallest absolute Gasteiger partial charge is 0.267 e. The highest BCUT2D eigenvalue weighted by Crippen LogP contribution is 2.20. The maximum Gasteiger partial charge on any atom is 0.272 e. The third-order valence-corrected chi connectivity index (χ3v) is 2.40. The molecule has 0 saturated carbocycles. The molecule has 0 aliphatic rings. The van der Waals surface area contributed by atoms with Gasteiger partial charge in [0.25, 0.3) is 5.91 Å². The van der Waals surface area contributed by atoms with Crippen LogP contribution in [-0.4, -0.2) is 12.1 Å². The zero-order chi connectivity index (χ0) is 12.0. The Morgan fingerprint density at radius 1 is 1.50 bits per heavy atom. The summed E-state index contributed by atoms with van der Waals surface area (Å²) >= 11 is 11.6. The van der Waals surface area contributed by atoms with Crippen LogP contribution >= 0.6 is 23.2 Å². The van der Waals surface area contributed by atoms with E-state index in [1.165, 1.54) is 6.07 Å². The van der Waals surface area contributed by atoms with Crippen molar-refractivity contribution in [2.45, 2.75) is 19.8 Å². The van der Waals surface area contributed by atoms with Crippen LogP contribution < -0.4 is 5.43 Å². The van der Waals surface area contributed by atoms with Crippen molar-refractivity contribution in [3.05, 3.63) is 33.8 Å². The van der Waals surface area contributed by atoms with Crippen molar-refractivity contribution in [2.75, 3.05) is 0 Å². The highest BCUT2D eigenvalue weighted by atomic mass is 35.5. The van der Waals surface area contributed by atoms with Crippen LogP contribution in [0, 0.1) is 0 Å². The number of hydrazone groups is 1. The van der Waals surface area contributed by atoms with Crippen molar-refractivity contribution in [1.29, 1.82) is 0 Å². The van der Waals surface area contributed by atoms with E-state index in [1.54, 1.807) is 18.3 Å². The summed E-state index contributed by atoms with van der Waals surface area (Å²) in [5.41, 5.74) is 2.76. The van der Waals surface area contributed by atoms with Crippen LogP contribution in [0.2, 0.25) is 10.0 Å². The van der Waals surface area contributed by atoms with E-state index >= 15 is 0 Å². The second kappa shape index (κ2) is 6.51. The van der Waals surface area contributed by atoms with E-state index in [2.05, 4.69) is 10.5 Å². The molecule has 0 aromatic heterocycles. The zero-order valence-corrected chi connectivity index (χ0v) is 10.3. The van der Waals surface area contributed by atoms with Crippen LogP contribution in [-0.2, 0) is 0 Å². The molecule has 1 rings (SSSR count). The number of unbranched alkanes of at least 4 members (excludes halogenated alkanes) is 1. The van der Waals surface area contributed by atoms with Crippen LogP contribution in [0.5, 0.6) is 0 Å². The Morgan fingerprint density at radius 3 is 2.88 bits per heavy atom. The number of amides is 1. The molecule has 0 aliphatic heterocycles. The van der Waals surface area contributed by atoms with Crippen LogP contribution in [0.1, 0.15) is 30.1 Å². The first-order chi connectivity index (χ1) is 7.65. The molecular formula is C11H12Cl2N2O. The maximum absolute atomic E-state index is 11.6. The number of rotatable bonds is 4. The van der Waals surface area contributed by atoms with Gasteiger partial charge in [-0.15, -0.1) is 0 Å². The fourth-order valence-electron chi connectivity index (χ4n) is 1.03. The predicted octanol–water partition coefficient (Wildman–Crippen LogP) is 3.51. The largest absolute Gasteiger partial charge is 0.272 e. The van der Waals surface area contributed by atoms with Crippen molar-refractivity contribution in [3.8, 4) is 0 Å². The number of nitrogens with zero attached hydrogens (tertiary/aromatic N) is 1. The average molecular weight is 259 g/mol. The van der Waals surface area contributed by atoms with E-state index in [0.29, 0.717) is 15.6 Å². The average Bonchev–Trinajstić information content (AvgIpc) is 2.24. The van der Waals surface area contributed by atoms with Crippen molar-refractivity contribution in [3.63, 3.8) is 0 Å². The quantitative estimate of drug-likeness (QED) is 0.652. The van der Waals surface area contributed by atoms with Gasteiger partial charge in [-0.25, -0.2) is 5.43 Å². The van der Waals surface area contributed by atoms with E-state index in [-0.39, 0.29) is 5.91 Å². The number of benzene rings is 1. The summed E-state index contributed by atoms with van der Waals surface area (Å²) in [5, 5.41) is 4.60. The van der Waals surface area contributed by atoms with Crippen LogP contribution in [0.4, 0.5) is 0 Å². The van der Waals surface area contributed by atoms with Gasteiger partial charge in [0, 0.05) is 11.2 Å². The molecule has 0 spiro atoms. The first kappa shape index (κ1) is 13.0. The maximum atomic E-state index is 11.6. The second-order valence-corrected chi connectivity index (χ2v) is 4.01. The molecule has 1 amide bonds. The third-order valence-electron chi connectivity index (χ3n) is 1.85. The van der Waals surface area contributed by atoms with E-state index in [1.807, 2.05) is 6.92 Å². The third kappa shape index (κ3) is 3.83. The fourth-order valence-corrected chi connectivity index (χ4v) is 1.53. The van der Waals surface area contributed by atoms with Gasteiger partial charge in [-0.2, -0.15) is 5.10 Å². The van der Waals surface area contributed by atoms with Crippen molar-refractivity contribution in [2.24, 2.45) is 5.10 Å². The second-order valence-electron chi connectivity index (χ2n) is 3.17. The molecule has 1 N–H and O–H groups in total. The lowest BCUT2D eigenvalue weighted by atomic mass is 10.2. The highest BCUT2D eigenvalue weighted by Gasteiger charge is 2.09. The molecule has 5 heteroatoms. The minimum Gasteiger partial charge on any atom is -0.267 e. The summed E-state index contributed by atoms with van der Waals surface area (Å²) in [4.78, 5) is 11.6. The van der Waals surface area contributed by atoms with Gasteiger partial charge in [-0.3, -0.25) is 4.79 Å². The van der Waals surface area contributed by atoms with Gasteiger partial charge in [0.05, 0.1) is 10.6 Å². The molecule has 0 saturated heterocycles. The number of hydrogen-bond acceptors (Lipinski definition) is 2. The monoisotopic (exact) mass is 258 g/mol. The molecule has 0 aliphatic carbocycles. The Balaban J connectivity index is 2.66. The molecule has 3 nitrogen and oxygen atoms in total. The van der Waals surface area contributed by atoms with E-state index in [9.17, 15) is 4.79 Å². The molecule has 0 radical (unpaired) electrons. The molecule has 0 atom stereocenters. The lowest BCUT2D eigenvalue weighted by Crippen LogP contribution is -2.17. The van der Waals surface area contributed by atoms with Crippen molar-refractivity contribution in [1.82, 2.24) is 5.43 Å². The van der Waals surface area contributed by atoms with Gasteiger partial charge in [-0.05, 0) is 24.6 Å². The first-order valence-corrected chi connectivity index (χ1v) is 5.67. The van der Waals surface area contributed by atoms with E-state index in [4.69, 9.17) is 23.2 Å². The summed E-state index contributed by atoms with van der Waals surface area (Å²) in [6.45, 7) is 2.03. The lowest BCUT2D eigenvalue weighted by Gasteiger charge is -2.02. The minimum atomic E-state index is -0.339. The normalized spacial score (nSPS) is 10.7. The summed E-state index contributed by atoms with van der Waals surface area (Å²) in [6, 6.07) is 4.70. The molecule has 16 heavy (non-hydrogen) atoms. The van der Waals surface area contributed by atoms with Gasteiger partial charge in [0.1, 0.15) is 0 Å². The van der Waals surface area contributed by atoms with Crippen LogP contribution in [0.15, 0.2) is 23.3 Å². The molecule has 0 unspecified atom stereocenters. The zero-order valence-electron chi connectivity index (χ0n) is 8.84. The SMILES string of the molecule is CCCC=NNC(=O)c1ccc(Cl)cc1Cl. The van der Waals surface area contributed by atoms with Crippen LogP contribution in [0.25, 0.3) is 0 Å². The highest BCUT2D eigenvalue weighted by molar-refractivity contribution is 6.36. The summed E-state index contributed by atoms with van der Waals surface area (Å²) in [7, 11) is 0. The Bertz CT molecular complexity index is 405. The Hall–Kier alpha value is -1.06. The predicted molar refractivity (Wildman–Crippen MR) is 67.3 cm³/mol. The molecule has 1 aromatic carbocycles. The van der Waals surface area contributed by atoms with Gasteiger partial charge in [-0.1, -0.05) is 36.5 Å². The molecule has 0 bridgehead atoms. The van der Waals surface area contributed by atoms with Crippen molar-refractivity contribution < 1.29 is 4.79 Å². The molecule has 1 aromatic rings. The fraction of sp³-hybridized carbons (Fsp3) is 0.273. The minimum absolute atomic E-state index is 0.315. The standard InChI is InChI=1S/C11H12Cl2N2O/c1-2-3-6-14-15-11(16)9-5-4-8(12)7-10(9)13/h4-7H,2-3H2,1H3,(H,15,16). The summed E-state index contributed by atoms with van der Waals surface area (Å²) in [5.74, 6) is -0.339. The topological polar surface area (TPSA) is 41.5 Å². The van der Waals surface area contributed by atoms with Crippen LogP contribution in [0.3, 0.4) is 0 Å². The Kier molecular flexibility index (Phi) is 5.29. The molecular weight excluding hydrogens is 247 g/mol. The summed E-state index contributed by atoms with van der Waals surface area (Å²) < 4.78 is 0. The molecule has 0 fully saturated rings. The number of halogens is 2. The first-order valence-electron chi connectivity index (χ1n) is 4.92. The molecule has 0 heterocycles. The van der Waals surface area contributed by atoms with Gasteiger partial charge in [0.2, 0.25) is 0 Å². The number of carbonyl (C=O) groups is 1. The lowest BCUT2D eigenvalue weighted by molar-refractivity contribution is 0.0955. The Labute approximate surface area is 104 Å². The number of hydrogen-bond donors (Lipinski definition) is 1. The van der Waals surface area contributed by atoms with E-state index in [0.717, 1.165) is 12.8 Å². The van der Waals surface area contributed by atoms with Gasteiger partial charge >= 0.3 is 0 Å². The number of carbonyl (C=O) groups excluding carboxylic acids is 1. The summed E-state index contributed by atoms with van der Waals surface area (Å²) in [6.07, 6.45) is 3.47. The van der Waals surface area contributed by atoms with Gasteiger partial charge < -0.3 is 0 Å². The van der Waals surface area contributed by atoms with E-state index < -0.39 is 0 Å². The van der Waals surface area contributed by atoms with Crippen molar-refractivity contribution >= 4 is 35.3 Å². The van der Waals surface area contributed by atoms with Gasteiger partial charge in [0.15, 0.2) is 0 Å². The number of nitrogens with one attached hydrogen (secondary N) is 1. The molecule has 86 valence electrons. The Morgan fingerprint density at radius 2 is 2.25 bits per heavy atom.